The fourth-order valence-electron chi connectivity index (χ4n) is 3.89. The predicted molar refractivity (Wildman–Crippen MR) is 85.1 cm³/mol. The van der Waals surface area contributed by atoms with Gasteiger partial charge in [-0.2, -0.15) is 0 Å². The van der Waals surface area contributed by atoms with E-state index in [1.807, 2.05) is 0 Å². The van der Waals surface area contributed by atoms with E-state index in [4.69, 9.17) is 0 Å². The number of halogens is 1. The Hall–Kier alpha value is -0.340. The Kier molecular flexibility index (Phi) is 4.28. The van der Waals surface area contributed by atoms with E-state index in [-0.39, 0.29) is 0 Å². The van der Waals surface area contributed by atoms with Gasteiger partial charge in [0.05, 0.1) is 0 Å². The molecule has 1 aliphatic heterocycles. The van der Waals surface area contributed by atoms with Crippen LogP contribution in [0.1, 0.15) is 43.2 Å². The number of nitrogens with zero attached hydrogens (tertiary/aromatic N) is 1. The van der Waals surface area contributed by atoms with Gasteiger partial charge in [0, 0.05) is 17.9 Å². The minimum absolute atomic E-state index is 0.745. The van der Waals surface area contributed by atoms with Crippen molar-refractivity contribution in [2.24, 2.45) is 5.92 Å². The largest absolute Gasteiger partial charge is 0.299 e. The van der Waals surface area contributed by atoms with Crippen molar-refractivity contribution in [2.75, 3.05) is 18.4 Å². The summed E-state index contributed by atoms with van der Waals surface area (Å²) in [5, 5.41) is 1.13. The maximum Gasteiger partial charge on any atom is 0.0219 e. The molecule has 1 nitrogen and oxygen atoms in total. The number of benzene rings is 1. The van der Waals surface area contributed by atoms with E-state index >= 15 is 0 Å². The molecule has 1 saturated heterocycles. The third kappa shape index (κ3) is 2.75. The number of hydrogen-bond acceptors (Lipinski definition) is 1. The summed E-state index contributed by atoms with van der Waals surface area (Å²) in [4.78, 5) is 2.73. The van der Waals surface area contributed by atoms with Crippen LogP contribution in [-0.2, 0) is 6.42 Å². The molecule has 0 saturated carbocycles. The van der Waals surface area contributed by atoms with Gasteiger partial charge in [0.1, 0.15) is 0 Å². The molecule has 0 amide bonds. The molecule has 104 valence electrons. The van der Waals surface area contributed by atoms with Crippen LogP contribution < -0.4 is 0 Å². The Morgan fingerprint density at radius 2 is 2.11 bits per heavy atom. The van der Waals surface area contributed by atoms with Crippen LogP contribution >= 0.6 is 15.9 Å². The van der Waals surface area contributed by atoms with Crippen LogP contribution in [-0.4, -0.2) is 29.4 Å². The second-order valence-electron chi connectivity index (χ2n) is 6.27. The van der Waals surface area contributed by atoms with E-state index in [9.17, 15) is 0 Å². The van der Waals surface area contributed by atoms with Gasteiger partial charge in [0.25, 0.3) is 0 Å². The molecule has 3 atom stereocenters. The summed E-state index contributed by atoms with van der Waals surface area (Å²) in [6.45, 7) is 4.95. The first kappa shape index (κ1) is 13.6. The number of hydrogen-bond donors (Lipinski definition) is 0. The van der Waals surface area contributed by atoms with Gasteiger partial charge in [0.15, 0.2) is 0 Å². The highest BCUT2D eigenvalue weighted by atomic mass is 79.9. The third-order valence-electron chi connectivity index (χ3n) is 5.10. The van der Waals surface area contributed by atoms with Crippen molar-refractivity contribution in [3.8, 4) is 0 Å². The van der Waals surface area contributed by atoms with Crippen molar-refractivity contribution in [3.05, 3.63) is 35.4 Å². The van der Waals surface area contributed by atoms with Crippen LogP contribution in [0.25, 0.3) is 0 Å². The quantitative estimate of drug-likeness (QED) is 0.754. The normalized spacial score (nSPS) is 31.4. The van der Waals surface area contributed by atoms with Gasteiger partial charge < -0.3 is 0 Å². The fourth-order valence-corrected chi connectivity index (χ4v) is 4.94. The van der Waals surface area contributed by atoms with Gasteiger partial charge in [-0.15, -0.1) is 0 Å². The lowest BCUT2D eigenvalue weighted by Gasteiger charge is -2.32. The third-order valence-corrected chi connectivity index (χ3v) is 5.77. The molecule has 0 radical (unpaired) electrons. The highest BCUT2D eigenvalue weighted by Gasteiger charge is 2.32. The van der Waals surface area contributed by atoms with Crippen LogP contribution in [0.15, 0.2) is 24.3 Å². The predicted octanol–water partition coefficient (Wildman–Crippen LogP) is 4.21. The number of likely N-dealkylation sites (tertiary alicyclic amines) is 1. The van der Waals surface area contributed by atoms with E-state index < -0.39 is 0 Å². The van der Waals surface area contributed by atoms with E-state index in [0.29, 0.717) is 0 Å². The number of fused-ring (bicyclic) bond motifs is 1. The van der Waals surface area contributed by atoms with Crippen molar-refractivity contribution in [2.45, 2.75) is 44.6 Å². The van der Waals surface area contributed by atoms with Gasteiger partial charge in [-0.1, -0.05) is 47.1 Å². The van der Waals surface area contributed by atoms with Gasteiger partial charge in [0.2, 0.25) is 0 Å². The van der Waals surface area contributed by atoms with Crippen LogP contribution in [0.5, 0.6) is 0 Å². The van der Waals surface area contributed by atoms with E-state index in [0.717, 1.165) is 23.2 Å². The average molecular weight is 322 g/mol. The molecule has 0 spiro atoms. The van der Waals surface area contributed by atoms with Crippen LogP contribution in [0, 0.1) is 5.92 Å². The summed E-state index contributed by atoms with van der Waals surface area (Å²) < 4.78 is 0. The summed E-state index contributed by atoms with van der Waals surface area (Å²) in [6.07, 6.45) is 5.39. The van der Waals surface area contributed by atoms with Crippen LogP contribution in [0.4, 0.5) is 0 Å². The minimum Gasteiger partial charge on any atom is -0.299 e. The summed E-state index contributed by atoms with van der Waals surface area (Å²) in [6, 6.07) is 9.85. The molecule has 19 heavy (non-hydrogen) atoms. The number of rotatable bonds is 3. The molecule has 1 aromatic rings. The van der Waals surface area contributed by atoms with E-state index in [1.165, 1.54) is 38.8 Å². The standard InChI is InChI=1S/C17H24BrN/c1-13-9-10-19(17(13)11-18)12-15-7-4-6-14-5-2-3-8-16(14)15/h2-3,5,8,13,15,17H,4,6-7,9-12H2,1H3. The monoisotopic (exact) mass is 321 g/mol. The fraction of sp³-hybridized carbons (Fsp3) is 0.647. The van der Waals surface area contributed by atoms with Crippen molar-refractivity contribution in [1.82, 2.24) is 4.90 Å². The smallest absolute Gasteiger partial charge is 0.0219 e. The van der Waals surface area contributed by atoms with Crippen molar-refractivity contribution in [3.63, 3.8) is 0 Å². The first-order valence-corrected chi connectivity index (χ1v) is 8.79. The Morgan fingerprint density at radius 1 is 1.26 bits per heavy atom. The topological polar surface area (TPSA) is 3.24 Å². The van der Waals surface area contributed by atoms with Crippen molar-refractivity contribution < 1.29 is 0 Å². The molecule has 2 aliphatic rings. The molecular formula is C17H24BrN. The molecule has 1 aromatic carbocycles. The first-order valence-electron chi connectivity index (χ1n) is 7.67. The Balaban J connectivity index is 1.74. The highest BCUT2D eigenvalue weighted by molar-refractivity contribution is 9.09. The molecular weight excluding hydrogens is 298 g/mol. The van der Waals surface area contributed by atoms with Crippen molar-refractivity contribution >= 4 is 15.9 Å². The molecule has 3 rings (SSSR count). The zero-order valence-electron chi connectivity index (χ0n) is 11.8. The zero-order valence-corrected chi connectivity index (χ0v) is 13.4. The molecule has 0 N–H and O–H groups in total. The average Bonchev–Trinajstić information content (AvgIpc) is 2.79. The lowest BCUT2D eigenvalue weighted by atomic mass is 9.82. The molecule has 0 aromatic heterocycles. The van der Waals surface area contributed by atoms with Gasteiger partial charge in [-0.25, -0.2) is 0 Å². The molecule has 1 aliphatic carbocycles. The molecule has 3 unspecified atom stereocenters. The first-order chi connectivity index (χ1) is 9.29. The second-order valence-corrected chi connectivity index (χ2v) is 6.92. The van der Waals surface area contributed by atoms with Crippen molar-refractivity contribution in [1.29, 1.82) is 0 Å². The molecule has 2 heteroatoms. The molecule has 1 fully saturated rings. The second kappa shape index (κ2) is 5.97. The minimum atomic E-state index is 0.745. The van der Waals surface area contributed by atoms with Gasteiger partial charge in [-0.05, 0) is 55.2 Å². The van der Waals surface area contributed by atoms with Gasteiger partial charge in [-0.3, -0.25) is 4.90 Å². The van der Waals surface area contributed by atoms with Crippen LogP contribution in [0.3, 0.4) is 0 Å². The zero-order chi connectivity index (χ0) is 13.2. The van der Waals surface area contributed by atoms with E-state index in [1.54, 1.807) is 11.1 Å². The highest BCUT2D eigenvalue weighted by Crippen LogP contribution is 2.35. The number of alkyl halides is 1. The summed E-state index contributed by atoms with van der Waals surface area (Å²) >= 11 is 3.71. The summed E-state index contributed by atoms with van der Waals surface area (Å²) in [5.74, 6) is 1.61. The summed E-state index contributed by atoms with van der Waals surface area (Å²) in [5.41, 5.74) is 3.23. The maximum absolute atomic E-state index is 3.71. The van der Waals surface area contributed by atoms with Gasteiger partial charge >= 0.3 is 0 Å². The van der Waals surface area contributed by atoms with E-state index in [2.05, 4.69) is 52.0 Å². The Morgan fingerprint density at radius 3 is 2.95 bits per heavy atom. The molecule has 1 heterocycles. The maximum atomic E-state index is 3.71. The Bertz CT molecular complexity index is 431. The number of aryl methyl sites for hydroxylation is 1. The summed E-state index contributed by atoms with van der Waals surface area (Å²) in [7, 11) is 0. The SMILES string of the molecule is CC1CCN(CC2CCCc3ccccc32)C1CBr. The molecule has 0 bridgehead atoms. The Labute approximate surface area is 125 Å². The van der Waals surface area contributed by atoms with Crippen LogP contribution in [0.2, 0.25) is 0 Å². The lowest BCUT2D eigenvalue weighted by Crippen LogP contribution is -2.37. The lowest BCUT2D eigenvalue weighted by molar-refractivity contribution is 0.229.